The number of fused-ring (bicyclic) bond motifs is 3. The molecule has 2 nitrogen and oxygen atoms in total. The van der Waals surface area contributed by atoms with Gasteiger partial charge in [0.15, 0.2) is 0 Å². The van der Waals surface area contributed by atoms with Gasteiger partial charge in [-0.05, 0) is 18.3 Å². The van der Waals surface area contributed by atoms with Crippen molar-refractivity contribution in [3.63, 3.8) is 0 Å². The van der Waals surface area contributed by atoms with E-state index in [2.05, 4.69) is 23.5 Å². The molecule has 1 saturated heterocycles. The molecule has 3 aliphatic rings. The average molecular weight is 175 g/mol. The monoisotopic (exact) mass is 175 g/mol. The molecule has 1 saturated carbocycles. The third-order valence-electron chi connectivity index (χ3n) is 3.42. The van der Waals surface area contributed by atoms with E-state index >= 15 is 0 Å². The molecule has 68 valence electrons. The molecule has 4 atom stereocenters. The zero-order valence-corrected chi connectivity index (χ0v) is 7.44. The molecule has 0 aromatic carbocycles. The van der Waals surface area contributed by atoms with Gasteiger partial charge in [-0.3, -0.25) is 4.79 Å². The Bertz CT molecular complexity index is 305. The van der Waals surface area contributed by atoms with Crippen molar-refractivity contribution in [3.05, 3.63) is 24.3 Å². The van der Waals surface area contributed by atoms with Gasteiger partial charge in [-0.25, -0.2) is 0 Å². The number of hydrogen-bond donors (Lipinski definition) is 1. The van der Waals surface area contributed by atoms with Crippen LogP contribution in [-0.4, -0.2) is 11.9 Å². The molecule has 1 heterocycles. The summed E-state index contributed by atoms with van der Waals surface area (Å²) in [4.78, 5) is 11.4. The Morgan fingerprint density at radius 3 is 3.08 bits per heavy atom. The summed E-state index contributed by atoms with van der Waals surface area (Å²) in [6.45, 7) is 0. The Labute approximate surface area is 77.7 Å². The second kappa shape index (κ2) is 2.47. The minimum absolute atomic E-state index is 0.236. The van der Waals surface area contributed by atoms with Gasteiger partial charge in [0.05, 0.1) is 6.04 Å². The van der Waals surface area contributed by atoms with Crippen LogP contribution in [0.25, 0.3) is 0 Å². The molecule has 0 aromatic rings. The van der Waals surface area contributed by atoms with Crippen molar-refractivity contribution in [2.75, 3.05) is 0 Å². The lowest BCUT2D eigenvalue weighted by Crippen LogP contribution is -2.38. The van der Waals surface area contributed by atoms with Crippen LogP contribution in [-0.2, 0) is 4.79 Å². The number of rotatable bonds is 0. The summed E-state index contributed by atoms with van der Waals surface area (Å²) >= 11 is 0. The Morgan fingerprint density at radius 2 is 2.15 bits per heavy atom. The normalized spacial score (nSPS) is 46.0. The van der Waals surface area contributed by atoms with E-state index in [1.54, 1.807) is 0 Å². The van der Waals surface area contributed by atoms with Crippen molar-refractivity contribution in [1.29, 1.82) is 0 Å². The van der Waals surface area contributed by atoms with Gasteiger partial charge >= 0.3 is 0 Å². The Balaban J connectivity index is 1.90. The number of nitrogens with one attached hydrogen (secondary N) is 1. The predicted molar refractivity (Wildman–Crippen MR) is 49.9 cm³/mol. The van der Waals surface area contributed by atoms with Crippen LogP contribution in [0.3, 0.4) is 0 Å². The molecule has 1 N–H and O–H groups in total. The van der Waals surface area contributed by atoms with E-state index in [1.807, 2.05) is 6.08 Å². The quantitative estimate of drug-likeness (QED) is 0.590. The van der Waals surface area contributed by atoms with Crippen LogP contribution in [0.2, 0.25) is 0 Å². The highest BCUT2D eigenvalue weighted by atomic mass is 16.1. The molecule has 0 bridgehead atoms. The minimum atomic E-state index is 0.236. The maximum Gasteiger partial charge on any atom is 0.220 e. The lowest BCUT2D eigenvalue weighted by atomic mass is 9.90. The van der Waals surface area contributed by atoms with Gasteiger partial charge in [-0.15, -0.1) is 0 Å². The summed E-state index contributed by atoms with van der Waals surface area (Å²) in [5, 5.41) is 3.06. The van der Waals surface area contributed by atoms with E-state index in [-0.39, 0.29) is 11.9 Å². The zero-order valence-electron chi connectivity index (χ0n) is 7.44. The first-order valence-corrected chi connectivity index (χ1v) is 4.99. The average Bonchev–Trinajstić information content (AvgIpc) is 2.83. The summed E-state index contributed by atoms with van der Waals surface area (Å²) in [5.41, 5.74) is 0. The fraction of sp³-hybridized carbons (Fsp3) is 0.545. The molecule has 1 aliphatic heterocycles. The molecule has 3 rings (SSSR count). The van der Waals surface area contributed by atoms with E-state index in [4.69, 9.17) is 0 Å². The Morgan fingerprint density at radius 1 is 1.31 bits per heavy atom. The van der Waals surface area contributed by atoms with Crippen LogP contribution in [0.1, 0.15) is 12.8 Å². The molecule has 13 heavy (non-hydrogen) atoms. The van der Waals surface area contributed by atoms with Crippen molar-refractivity contribution >= 4 is 5.91 Å². The Kier molecular flexibility index (Phi) is 1.40. The molecule has 2 fully saturated rings. The second-order valence-electron chi connectivity index (χ2n) is 4.30. The van der Waals surface area contributed by atoms with E-state index in [9.17, 15) is 4.79 Å². The zero-order chi connectivity index (χ0) is 8.84. The summed E-state index contributed by atoms with van der Waals surface area (Å²) in [5.74, 6) is 2.25. The van der Waals surface area contributed by atoms with Crippen LogP contribution >= 0.6 is 0 Å². The summed E-state index contributed by atoms with van der Waals surface area (Å²) in [6, 6.07) is 0.273. The first-order chi connectivity index (χ1) is 6.34. The van der Waals surface area contributed by atoms with Crippen LogP contribution in [0.5, 0.6) is 0 Å². The summed E-state index contributed by atoms with van der Waals surface area (Å²) in [7, 11) is 0. The van der Waals surface area contributed by atoms with E-state index < -0.39 is 0 Å². The van der Waals surface area contributed by atoms with Crippen molar-refractivity contribution in [1.82, 2.24) is 5.32 Å². The van der Waals surface area contributed by atoms with Gasteiger partial charge < -0.3 is 5.32 Å². The molecule has 0 spiro atoms. The highest BCUT2D eigenvalue weighted by molar-refractivity contribution is 5.78. The number of carbonyl (C=O) groups excluding carboxylic acids is 1. The maximum atomic E-state index is 11.4. The van der Waals surface area contributed by atoms with Crippen LogP contribution in [0.4, 0.5) is 0 Å². The number of hydrogen-bond acceptors (Lipinski definition) is 1. The highest BCUT2D eigenvalue weighted by Gasteiger charge is 2.48. The fourth-order valence-electron chi connectivity index (χ4n) is 2.64. The molecule has 4 unspecified atom stereocenters. The SMILES string of the molecule is O=C1CC2CC2C2C=CC=CC2N1. The van der Waals surface area contributed by atoms with Gasteiger partial charge in [-0.1, -0.05) is 24.3 Å². The molecular formula is C11H13NO. The number of carbonyl (C=O) groups is 1. The third-order valence-corrected chi connectivity index (χ3v) is 3.42. The topological polar surface area (TPSA) is 29.1 Å². The lowest BCUT2D eigenvalue weighted by molar-refractivity contribution is -0.121. The fourth-order valence-corrected chi connectivity index (χ4v) is 2.64. The third kappa shape index (κ3) is 1.12. The van der Waals surface area contributed by atoms with Crippen molar-refractivity contribution in [3.8, 4) is 0 Å². The molecule has 1 amide bonds. The van der Waals surface area contributed by atoms with Crippen LogP contribution in [0, 0.1) is 17.8 Å². The van der Waals surface area contributed by atoms with Crippen molar-refractivity contribution in [2.45, 2.75) is 18.9 Å². The highest BCUT2D eigenvalue weighted by Crippen LogP contribution is 2.50. The summed E-state index contributed by atoms with van der Waals surface area (Å²) < 4.78 is 0. The lowest BCUT2D eigenvalue weighted by Gasteiger charge is -2.23. The molecule has 2 aliphatic carbocycles. The van der Waals surface area contributed by atoms with Gasteiger partial charge in [0.1, 0.15) is 0 Å². The minimum Gasteiger partial charge on any atom is -0.349 e. The predicted octanol–water partition coefficient (Wildman–Crippen LogP) is 1.25. The first-order valence-electron chi connectivity index (χ1n) is 4.99. The van der Waals surface area contributed by atoms with Crippen LogP contribution < -0.4 is 5.32 Å². The molecule has 0 aromatic heterocycles. The first kappa shape index (κ1) is 7.36. The standard InChI is InChI=1S/C11H13NO/c13-11-6-7-5-9(7)8-3-1-2-4-10(8)12-11/h1-4,7-10H,5-6H2,(H,12,13). The number of allylic oxidation sites excluding steroid dienone is 2. The summed E-state index contributed by atoms with van der Waals surface area (Å²) in [6.07, 6.45) is 10.5. The van der Waals surface area contributed by atoms with Crippen molar-refractivity contribution < 1.29 is 4.79 Å². The molecule has 2 heteroatoms. The Hall–Kier alpha value is -1.05. The van der Waals surface area contributed by atoms with Crippen molar-refractivity contribution in [2.24, 2.45) is 17.8 Å². The molecule has 0 radical (unpaired) electrons. The van der Waals surface area contributed by atoms with Gasteiger partial charge in [0.25, 0.3) is 0 Å². The van der Waals surface area contributed by atoms with Gasteiger partial charge in [0.2, 0.25) is 5.91 Å². The van der Waals surface area contributed by atoms with Gasteiger partial charge in [0, 0.05) is 12.3 Å². The van der Waals surface area contributed by atoms with Crippen LogP contribution in [0.15, 0.2) is 24.3 Å². The number of amides is 1. The van der Waals surface area contributed by atoms with E-state index in [0.717, 1.165) is 12.3 Å². The largest absolute Gasteiger partial charge is 0.349 e. The molecular weight excluding hydrogens is 162 g/mol. The maximum absolute atomic E-state index is 11.4. The van der Waals surface area contributed by atoms with Gasteiger partial charge in [-0.2, -0.15) is 0 Å². The van der Waals surface area contributed by atoms with E-state index in [1.165, 1.54) is 6.42 Å². The second-order valence-corrected chi connectivity index (χ2v) is 4.30. The smallest absolute Gasteiger partial charge is 0.220 e. The van der Waals surface area contributed by atoms with E-state index in [0.29, 0.717) is 11.8 Å².